The molecule has 0 aliphatic carbocycles. The normalized spacial score (nSPS) is 14.5. The van der Waals surface area contributed by atoms with Crippen molar-refractivity contribution >= 4 is 11.0 Å². The van der Waals surface area contributed by atoms with E-state index in [0.29, 0.717) is 0 Å². The predicted molar refractivity (Wildman–Crippen MR) is 93.9 cm³/mol. The van der Waals surface area contributed by atoms with E-state index in [9.17, 15) is 0 Å². The zero-order chi connectivity index (χ0) is 15.8. The molecule has 1 aromatic heterocycles. The van der Waals surface area contributed by atoms with Crippen LogP contribution in [0.1, 0.15) is 17.5 Å². The summed E-state index contributed by atoms with van der Waals surface area (Å²) in [5, 5.41) is 0. The fourth-order valence-corrected chi connectivity index (χ4v) is 3.48. The van der Waals surface area contributed by atoms with E-state index in [1.54, 1.807) is 0 Å². The van der Waals surface area contributed by atoms with E-state index in [4.69, 9.17) is 10.7 Å². The largest absolute Gasteiger partial charge is 0.330 e. The maximum absolute atomic E-state index is 5.63. The van der Waals surface area contributed by atoms with E-state index in [1.165, 1.54) is 16.6 Å². The lowest BCUT2D eigenvalue weighted by Gasteiger charge is -2.13. The van der Waals surface area contributed by atoms with Crippen LogP contribution in [0.4, 0.5) is 0 Å². The van der Waals surface area contributed by atoms with Gasteiger partial charge in [-0.25, -0.2) is 4.98 Å². The molecule has 2 N–H and O–H groups in total. The molecule has 1 aliphatic rings. The highest BCUT2D eigenvalue weighted by Crippen LogP contribution is 2.30. The van der Waals surface area contributed by atoms with E-state index in [1.807, 2.05) is 6.07 Å². The van der Waals surface area contributed by atoms with Gasteiger partial charge in [0.15, 0.2) is 0 Å². The van der Waals surface area contributed by atoms with Crippen molar-refractivity contribution in [2.75, 3.05) is 13.1 Å². The number of benzene rings is 2. The Balaban J connectivity index is 1.72. The average Bonchev–Trinajstić information content (AvgIpc) is 3.12. The topological polar surface area (TPSA) is 47.1 Å². The van der Waals surface area contributed by atoms with Crippen molar-refractivity contribution in [2.45, 2.75) is 19.5 Å². The first kappa shape index (κ1) is 14.4. The first-order chi connectivity index (χ1) is 11.3. The standard InChI is InChI=1S/C19H22N4/c1-22-18-11-16-13-23(9-5-8-20)12-15(16)10-17(18)21-19(22)14-6-3-2-4-7-14/h2-4,6-7,10-11H,5,8-9,12-13,20H2,1H3. The molecule has 0 bridgehead atoms. The summed E-state index contributed by atoms with van der Waals surface area (Å²) in [6, 6.07) is 15.0. The molecule has 3 aromatic rings. The Morgan fingerprint density at radius 3 is 2.57 bits per heavy atom. The Labute approximate surface area is 136 Å². The molecule has 0 unspecified atom stereocenters. The summed E-state index contributed by atoms with van der Waals surface area (Å²) in [6.45, 7) is 3.88. The van der Waals surface area contributed by atoms with Gasteiger partial charge >= 0.3 is 0 Å². The van der Waals surface area contributed by atoms with Crippen molar-refractivity contribution in [3.8, 4) is 11.4 Å². The zero-order valence-corrected chi connectivity index (χ0v) is 13.5. The smallest absolute Gasteiger partial charge is 0.140 e. The van der Waals surface area contributed by atoms with Crippen LogP contribution in [0.2, 0.25) is 0 Å². The maximum Gasteiger partial charge on any atom is 0.140 e. The van der Waals surface area contributed by atoms with E-state index in [0.717, 1.165) is 49.5 Å². The molecule has 4 rings (SSSR count). The van der Waals surface area contributed by atoms with Gasteiger partial charge in [-0.1, -0.05) is 30.3 Å². The third-order valence-electron chi connectivity index (χ3n) is 4.70. The first-order valence-electron chi connectivity index (χ1n) is 8.22. The molecule has 2 heterocycles. The van der Waals surface area contributed by atoms with E-state index in [-0.39, 0.29) is 0 Å². The number of nitrogens with two attached hydrogens (primary N) is 1. The van der Waals surface area contributed by atoms with Crippen molar-refractivity contribution < 1.29 is 0 Å². The highest BCUT2D eigenvalue weighted by atomic mass is 15.1. The molecule has 0 spiro atoms. The molecule has 118 valence electrons. The molecule has 0 amide bonds. The quantitative estimate of drug-likeness (QED) is 0.806. The minimum absolute atomic E-state index is 0.761. The van der Waals surface area contributed by atoms with Crippen LogP contribution < -0.4 is 5.73 Å². The monoisotopic (exact) mass is 306 g/mol. The Hall–Kier alpha value is -2.17. The van der Waals surface area contributed by atoms with Gasteiger partial charge in [0.05, 0.1) is 11.0 Å². The number of fused-ring (bicyclic) bond motifs is 2. The summed E-state index contributed by atoms with van der Waals surface area (Å²) in [6.07, 6.45) is 1.06. The highest BCUT2D eigenvalue weighted by Gasteiger charge is 2.21. The van der Waals surface area contributed by atoms with Crippen molar-refractivity contribution in [1.82, 2.24) is 14.5 Å². The van der Waals surface area contributed by atoms with Crippen molar-refractivity contribution in [2.24, 2.45) is 12.8 Å². The Morgan fingerprint density at radius 2 is 1.83 bits per heavy atom. The van der Waals surface area contributed by atoms with Crippen molar-refractivity contribution in [3.63, 3.8) is 0 Å². The third kappa shape index (κ3) is 2.54. The van der Waals surface area contributed by atoms with Crippen LogP contribution in [-0.4, -0.2) is 27.5 Å². The minimum Gasteiger partial charge on any atom is -0.330 e. The molecule has 0 fully saturated rings. The van der Waals surface area contributed by atoms with Gasteiger partial charge in [-0.3, -0.25) is 4.90 Å². The van der Waals surface area contributed by atoms with E-state index >= 15 is 0 Å². The SMILES string of the molecule is Cn1c(-c2ccccc2)nc2cc3c(cc21)CN(CCCN)C3. The van der Waals surface area contributed by atoms with Gasteiger partial charge in [-0.05, 0) is 36.2 Å². The molecule has 0 atom stereocenters. The maximum atomic E-state index is 5.63. The van der Waals surface area contributed by atoms with E-state index in [2.05, 4.69) is 52.9 Å². The summed E-state index contributed by atoms with van der Waals surface area (Å²) < 4.78 is 2.20. The van der Waals surface area contributed by atoms with Crippen LogP contribution in [0.5, 0.6) is 0 Å². The van der Waals surface area contributed by atoms with Crippen LogP contribution in [0.15, 0.2) is 42.5 Å². The van der Waals surface area contributed by atoms with Crippen LogP contribution in [0.25, 0.3) is 22.4 Å². The second-order valence-corrected chi connectivity index (χ2v) is 6.32. The van der Waals surface area contributed by atoms with Gasteiger partial charge in [0.25, 0.3) is 0 Å². The van der Waals surface area contributed by atoms with Gasteiger partial charge in [-0.2, -0.15) is 0 Å². The van der Waals surface area contributed by atoms with Gasteiger partial charge < -0.3 is 10.3 Å². The summed E-state index contributed by atoms with van der Waals surface area (Å²) >= 11 is 0. The van der Waals surface area contributed by atoms with Crippen molar-refractivity contribution in [3.05, 3.63) is 53.6 Å². The number of aryl methyl sites for hydroxylation is 1. The molecular weight excluding hydrogens is 284 g/mol. The summed E-state index contributed by atoms with van der Waals surface area (Å²) in [4.78, 5) is 7.34. The zero-order valence-electron chi connectivity index (χ0n) is 13.5. The number of hydrogen-bond acceptors (Lipinski definition) is 3. The number of aromatic nitrogens is 2. The van der Waals surface area contributed by atoms with E-state index < -0.39 is 0 Å². The fraction of sp³-hybridized carbons (Fsp3) is 0.316. The molecule has 0 saturated carbocycles. The van der Waals surface area contributed by atoms with Gasteiger partial charge in [0.1, 0.15) is 5.82 Å². The van der Waals surface area contributed by atoms with Crippen LogP contribution in [-0.2, 0) is 20.1 Å². The predicted octanol–water partition coefficient (Wildman–Crippen LogP) is 2.90. The lowest BCUT2D eigenvalue weighted by atomic mass is 10.1. The lowest BCUT2D eigenvalue weighted by molar-refractivity contribution is 0.282. The summed E-state index contributed by atoms with van der Waals surface area (Å²) in [5.41, 5.74) is 11.9. The number of imidazole rings is 1. The van der Waals surface area contributed by atoms with Gasteiger partial charge in [0, 0.05) is 32.2 Å². The molecule has 23 heavy (non-hydrogen) atoms. The third-order valence-corrected chi connectivity index (χ3v) is 4.70. The average molecular weight is 306 g/mol. The van der Waals surface area contributed by atoms with Gasteiger partial charge in [0.2, 0.25) is 0 Å². The highest BCUT2D eigenvalue weighted by molar-refractivity contribution is 5.82. The minimum atomic E-state index is 0.761. The molecule has 1 aliphatic heterocycles. The molecular formula is C19H22N4. The fourth-order valence-electron chi connectivity index (χ4n) is 3.48. The van der Waals surface area contributed by atoms with Crippen molar-refractivity contribution in [1.29, 1.82) is 0 Å². The molecule has 4 nitrogen and oxygen atoms in total. The van der Waals surface area contributed by atoms with Crippen LogP contribution >= 0.6 is 0 Å². The molecule has 0 radical (unpaired) electrons. The van der Waals surface area contributed by atoms with Gasteiger partial charge in [-0.15, -0.1) is 0 Å². The Morgan fingerprint density at radius 1 is 1.09 bits per heavy atom. The number of nitrogens with zero attached hydrogens (tertiary/aromatic N) is 3. The van der Waals surface area contributed by atoms with Crippen LogP contribution in [0, 0.1) is 0 Å². The van der Waals surface area contributed by atoms with Crippen LogP contribution in [0.3, 0.4) is 0 Å². The second kappa shape index (κ2) is 5.80. The number of rotatable bonds is 4. The molecule has 2 aromatic carbocycles. The lowest BCUT2D eigenvalue weighted by Crippen LogP contribution is -2.20. The summed E-state index contributed by atoms with van der Waals surface area (Å²) in [7, 11) is 2.10. The number of hydrogen-bond donors (Lipinski definition) is 1. The first-order valence-corrected chi connectivity index (χ1v) is 8.22. The Bertz CT molecular complexity index is 835. The molecule has 4 heteroatoms. The summed E-state index contributed by atoms with van der Waals surface area (Å²) in [5.74, 6) is 1.03. The Kier molecular flexibility index (Phi) is 3.63. The molecule has 0 saturated heterocycles. The second-order valence-electron chi connectivity index (χ2n) is 6.32.